The second-order valence-electron chi connectivity index (χ2n) is 13.4. The van der Waals surface area contributed by atoms with Crippen LogP contribution in [0.15, 0.2) is 85.1 Å². The number of para-hydroxylation sites is 1. The van der Waals surface area contributed by atoms with Crippen LogP contribution >= 0.6 is 0 Å². The van der Waals surface area contributed by atoms with Gasteiger partial charge in [-0.15, -0.1) is 0 Å². The van der Waals surface area contributed by atoms with Crippen molar-refractivity contribution in [3.8, 4) is 5.75 Å². The van der Waals surface area contributed by atoms with Gasteiger partial charge in [0.05, 0.1) is 0 Å². The van der Waals surface area contributed by atoms with E-state index >= 15 is 0 Å². The van der Waals surface area contributed by atoms with Gasteiger partial charge in [0.1, 0.15) is 29.5 Å². The lowest BCUT2D eigenvalue weighted by Crippen LogP contribution is -2.57. The van der Waals surface area contributed by atoms with Crippen molar-refractivity contribution in [1.82, 2.24) is 31.6 Å². The van der Waals surface area contributed by atoms with Crippen molar-refractivity contribution in [3.63, 3.8) is 0 Å². The maximum absolute atomic E-state index is 14.1. The molecular weight excluding hydrogens is 664 g/mol. The van der Waals surface area contributed by atoms with Gasteiger partial charge in [-0.2, -0.15) is 0 Å². The minimum absolute atomic E-state index is 0.0245. The van der Waals surface area contributed by atoms with Crippen LogP contribution in [0.2, 0.25) is 0 Å². The summed E-state index contributed by atoms with van der Waals surface area (Å²) in [6, 6.07) is 19.9. The third-order valence-electron chi connectivity index (χ3n) is 8.04. The molecule has 0 unspecified atom stereocenters. The average Bonchev–Trinajstić information content (AvgIpc) is 3.50. The Morgan fingerprint density at radius 3 is 2.12 bits per heavy atom. The van der Waals surface area contributed by atoms with Gasteiger partial charge in [-0.05, 0) is 68.5 Å². The number of H-pyrrole nitrogens is 1. The van der Waals surface area contributed by atoms with Crippen LogP contribution in [-0.2, 0) is 38.5 Å². The number of aromatic nitrogens is 1. The fourth-order valence-electron chi connectivity index (χ4n) is 5.51. The molecule has 52 heavy (non-hydrogen) atoms. The van der Waals surface area contributed by atoms with Crippen LogP contribution < -0.4 is 32.3 Å². The molecule has 0 radical (unpaired) electrons. The van der Waals surface area contributed by atoms with E-state index in [1.807, 2.05) is 54.6 Å². The molecule has 0 aliphatic carbocycles. The first kappa shape index (κ1) is 38.7. The first-order valence-electron chi connectivity index (χ1n) is 17.1. The van der Waals surface area contributed by atoms with Crippen LogP contribution in [0.25, 0.3) is 10.9 Å². The standard InChI is InChI=1S/C38H48N8O6/c1-38(2,3)52-37(51)46-31(20-24-15-17-27(47)18-16-24)35(50)44-30(14-9-19-41-36(39)40)34(49)45-32(33(48)43-22-25-10-5-4-6-11-25)21-26-23-42-29-13-8-7-12-28(26)29/h4-8,10-13,15-18,23,30-32,42,47H,9,14,19-22H2,1-3H3,(H,43,48)(H,44,50)(H,45,49)(H,46,51)(H4,39,40,41)/t30-,31-,32-/m0/s1. The van der Waals surface area contributed by atoms with E-state index in [2.05, 4.69) is 31.6 Å². The van der Waals surface area contributed by atoms with Gasteiger partial charge < -0.3 is 47.1 Å². The number of alkyl carbamates (subject to hydrolysis) is 1. The zero-order valence-electron chi connectivity index (χ0n) is 29.6. The molecule has 0 saturated heterocycles. The van der Waals surface area contributed by atoms with Gasteiger partial charge in [-0.3, -0.25) is 19.8 Å². The molecule has 0 aliphatic heterocycles. The van der Waals surface area contributed by atoms with E-state index in [1.54, 1.807) is 39.1 Å². The average molecular weight is 713 g/mol. The minimum Gasteiger partial charge on any atom is -0.508 e. The molecule has 0 aliphatic rings. The second kappa shape index (κ2) is 18.3. The number of rotatable bonds is 16. The summed E-state index contributed by atoms with van der Waals surface area (Å²) < 4.78 is 5.41. The Hall–Kier alpha value is -6.05. The molecule has 10 N–H and O–H groups in total. The molecule has 0 bridgehead atoms. The van der Waals surface area contributed by atoms with E-state index in [1.165, 1.54) is 12.1 Å². The largest absolute Gasteiger partial charge is 0.508 e. The number of guanidine groups is 1. The zero-order chi connectivity index (χ0) is 37.7. The topological polar surface area (TPSA) is 224 Å². The fraction of sp³-hybridized carbons (Fsp3) is 0.342. The van der Waals surface area contributed by atoms with E-state index in [0.29, 0.717) is 12.0 Å². The summed E-state index contributed by atoms with van der Waals surface area (Å²) in [6.07, 6.45) is 1.60. The molecule has 1 heterocycles. The maximum Gasteiger partial charge on any atom is 0.408 e. The third-order valence-corrected chi connectivity index (χ3v) is 8.04. The smallest absolute Gasteiger partial charge is 0.408 e. The molecule has 4 rings (SSSR count). The molecule has 4 amide bonds. The van der Waals surface area contributed by atoms with Crippen LogP contribution in [-0.4, -0.2) is 70.1 Å². The normalized spacial score (nSPS) is 12.9. The lowest BCUT2D eigenvalue weighted by molar-refractivity contribution is -0.132. The van der Waals surface area contributed by atoms with Crippen molar-refractivity contribution in [2.75, 3.05) is 6.54 Å². The van der Waals surface area contributed by atoms with Crippen molar-refractivity contribution >= 4 is 40.7 Å². The number of amides is 4. The molecule has 14 nitrogen and oxygen atoms in total. The highest BCUT2D eigenvalue weighted by atomic mass is 16.6. The predicted molar refractivity (Wildman–Crippen MR) is 198 cm³/mol. The van der Waals surface area contributed by atoms with Crippen LogP contribution in [0, 0.1) is 5.41 Å². The number of fused-ring (bicyclic) bond motifs is 1. The van der Waals surface area contributed by atoms with Crippen LogP contribution in [0.1, 0.15) is 50.3 Å². The molecule has 4 aromatic rings. The SMILES string of the molecule is CC(C)(C)OC(=O)N[C@@H](Cc1ccc(O)cc1)C(=O)N[C@@H](CCCNC(=N)N)C(=O)N[C@@H](Cc1c[nH]c2ccccc12)C(=O)NCc1ccccc1. The first-order valence-corrected chi connectivity index (χ1v) is 17.1. The monoisotopic (exact) mass is 712 g/mol. The van der Waals surface area contributed by atoms with Crippen LogP contribution in [0.5, 0.6) is 5.75 Å². The minimum atomic E-state index is -1.17. The number of nitrogens with two attached hydrogens (primary N) is 1. The molecule has 3 aromatic carbocycles. The summed E-state index contributed by atoms with van der Waals surface area (Å²) >= 11 is 0. The highest BCUT2D eigenvalue weighted by Gasteiger charge is 2.31. The van der Waals surface area contributed by atoms with E-state index < -0.39 is 47.5 Å². The number of hydrogen-bond acceptors (Lipinski definition) is 7. The number of aromatic amines is 1. The van der Waals surface area contributed by atoms with Crippen molar-refractivity contribution in [2.45, 2.75) is 76.7 Å². The summed E-state index contributed by atoms with van der Waals surface area (Å²) in [6.45, 7) is 5.57. The number of phenols is 1. The third kappa shape index (κ3) is 12.4. The molecular formula is C38H48N8O6. The summed E-state index contributed by atoms with van der Waals surface area (Å²) in [7, 11) is 0. The number of ether oxygens (including phenoxy) is 1. The summed E-state index contributed by atoms with van der Waals surface area (Å²) in [5, 5.41) is 32.0. The van der Waals surface area contributed by atoms with Gasteiger partial charge in [0.15, 0.2) is 5.96 Å². The second-order valence-corrected chi connectivity index (χ2v) is 13.4. The number of phenolic OH excluding ortho intramolecular Hbond substituents is 1. The first-order chi connectivity index (χ1) is 24.8. The molecule has 14 heteroatoms. The van der Waals surface area contributed by atoms with E-state index in [4.69, 9.17) is 15.9 Å². The lowest BCUT2D eigenvalue weighted by Gasteiger charge is -2.26. The van der Waals surface area contributed by atoms with E-state index in [0.717, 1.165) is 22.0 Å². The van der Waals surface area contributed by atoms with Crippen molar-refractivity contribution in [3.05, 3.63) is 102 Å². The molecule has 276 valence electrons. The quantitative estimate of drug-likeness (QED) is 0.0476. The Bertz CT molecular complexity index is 1820. The van der Waals surface area contributed by atoms with Crippen molar-refractivity contribution in [1.29, 1.82) is 5.41 Å². The zero-order valence-corrected chi connectivity index (χ0v) is 29.6. The van der Waals surface area contributed by atoms with Crippen molar-refractivity contribution in [2.24, 2.45) is 5.73 Å². The van der Waals surface area contributed by atoms with E-state index in [9.17, 15) is 24.3 Å². The Morgan fingerprint density at radius 1 is 0.788 bits per heavy atom. The van der Waals surface area contributed by atoms with Gasteiger partial charge in [0.2, 0.25) is 17.7 Å². The summed E-state index contributed by atoms with van der Waals surface area (Å²) in [5.74, 6) is -1.90. The van der Waals surface area contributed by atoms with Crippen LogP contribution in [0.3, 0.4) is 0 Å². The van der Waals surface area contributed by atoms with Crippen LogP contribution in [0.4, 0.5) is 4.79 Å². The molecule has 0 saturated carbocycles. The summed E-state index contributed by atoms with van der Waals surface area (Å²) in [5.41, 5.74) is 7.82. The number of carbonyl (C=O) groups is 4. The number of carbonyl (C=O) groups excluding carboxylic acids is 4. The van der Waals surface area contributed by atoms with Crippen molar-refractivity contribution < 1.29 is 29.0 Å². The van der Waals surface area contributed by atoms with Gasteiger partial charge >= 0.3 is 6.09 Å². The Balaban J connectivity index is 1.58. The molecule has 0 fully saturated rings. The fourth-order valence-corrected chi connectivity index (χ4v) is 5.51. The summed E-state index contributed by atoms with van der Waals surface area (Å²) in [4.78, 5) is 57.7. The van der Waals surface area contributed by atoms with E-state index in [-0.39, 0.29) is 44.1 Å². The highest BCUT2D eigenvalue weighted by Crippen LogP contribution is 2.20. The van der Waals surface area contributed by atoms with Gasteiger partial charge in [-0.25, -0.2) is 4.79 Å². The Morgan fingerprint density at radius 2 is 1.42 bits per heavy atom. The molecule has 1 aromatic heterocycles. The Labute approximate surface area is 302 Å². The number of hydrogen-bond donors (Lipinski definition) is 9. The number of aromatic hydroxyl groups is 1. The highest BCUT2D eigenvalue weighted by molar-refractivity contribution is 5.94. The van der Waals surface area contributed by atoms with Gasteiger partial charge in [0, 0.05) is 43.0 Å². The van der Waals surface area contributed by atoms with Gasteiger partial charge in [0.25, 0.3) is 0 Å². The number of benzene rings is 3. The van der Waals surface area contributed by atoms with Gasteiger partial charge in [-0.1, -0.05) is 60.7 Å². The lowest BCUT2D eigenvalue weighted by atomic mass is 10.0. The Kier molecular flexibility index (Phi) is 13.6. The number of nitrogens with one attached hydrogen (secondary N) is 7. The maximum atomic E-state index is 14.1. The predicted octanol–water partition coefficient (Wildman–Crippen LogP) is 3.10. The molecule has 0 spiro atoms. The molecule has 3 atom stereocenters.